The molecule has 3 rings (SSSR count). The number of allylic oxidation sites excluding steroid dienone is 1. The fourth-order valence-electron chi connectivity index (χ4n) is 2.37. The van der Waals surface area contributed by atoms with Crippen LogP contribution in [0.1, 0.15) is 32.4 Å². The Bertz CT molecular complexity index is 685. The molecule has 0 saturated heterocycles. The van der Waals surface area contributed by atoms with Gasteiger partial charge < -0.3 is 14.5 Å². The van der Waals surface area contributed by atoms with Gasteiger partial charge >= 0.3 is 5.97 Å². The van der Waals surface area contributed by atoms with Gasteiger partial charge in [0, 0.05) is 11.3 Å². The van der Waals surface area contributed by atoms with Crippen LogP contribution in [-0.4, -0.2) is 26.8 Å². The molecule has 0 amide bonds. The smallest absolute Gasteiger partial charge is 0.338 e. The lowest BCUT2D eigenvalue weighted by atomic mass is 9.98. The largest absolute Gasteiger partial charge is 0.472 e. The number of furan rings is 1. The molecule has 0 radical (unpaired) electrons. The Labute approximate surface area is 121 Å². The van der Waals surface area contributed by atoms with E-state index in [9.17, 15) is 4.79 Å². The van der Waals surface area contributed by atoms with Crippen LogP contribution in [0.5, 0.6) is 0 Å². The second kappa shape index (κ2) is 5.08. The molecule has 1 N–H and O–H groups in total. The Hall–Kier alpha value is -2.57. The molecule has 2 aromatic heterocycles. The molecule has 21 heavy (non-hydrogen) atoms. The van der Waals surface area contributed by atoms with Crippen molar-refractivity contribution >= 4 is 11.9 Å². The summed E-state index contributed by atoms with van der Waals surface area (Å²) in [5.41, 5.74) is 2.02. The molecule has 0 saturated carbocycles. The van der Waals surface area contributed by atoms with E-state index in [1.165, 1.54) is 6.33 Å². The van der Waals surface area contributed by atoms with Crippen molar-refractivity contribution in [2.45, 2.75) is 32.9 Å². The predicted molar refractivity (Wildman–Crippen MR) is 74.4 cm³/mol. The fourth-order valence-corrected chi connectivity index (χ4v) is 2.37. The second-order valence-corrected chi connectivity index (χ2v) is 5.11. The molecule has 7 nitrogen and oxygen atoms in total. The zero-order chi connectivity index (χ0) is 15.0. The average Bonchev–Trinajstić information content (AvgIpc) is 3.06. The number of carbonyl (C=O) groups is 1. The first kappa shape index (κ1) is 13.4. The van der Waals surface area contributed by atoms with Crippen LogP contribution < -0.4 is 5.32 Å². The molecule has 3 heterocycles. The topological polar surface area (TPSA) is 82.2 Å². The molecule has 7 heteroatoms. The Morgan fingerprint density at radius 2 is 2.33 bits per heavy atom. The molecule has 0 unspecified atom stereocenters. The van der Waals surface area contributed by atoms with E-state index in [-0.39, 0.29) is 12.1 Å². The van der Waals surface area contributed by atoms with Gasteiger partial charge in [0.2, 0.25) is 5.95 Å². The quantitative estimate of drug-likeness (QED) is 0.871. The standard InChI is InChI=1S/C14H16N4O3/c1-8(2)21-13(19)11-9(3)17-14-15-7-16-18(14)12(11)10-4-5-20-6-10/h4-8,12H,1-3H3,(H,15,16,17)/t12-/m0/s1. The van der Waals surface area contributed by atoms with Crippen LogP contribution in [-0.2, 0) is 9.53 Å². The highest BCUT2D eigenvalue weighted by atomic mass is 16.5. The maximum Gasteiger partial charge on any atom is 0.338 e. The third-order valence-electron chi connectivity index (χ3n) is 3.22. The Balaban J connectivity index is 2.08. The molecule has 1 aliphatic rings. The zero-order valence-electron chi connectivity index (χ0n) is 12.0. The van der Waals surface area contributed by atoms with Crippen LogP contribution in [0.4, 0.5) is 5.95 Å². The zero-order valence-corrected chi connectivity index (χ0v) is 12.0. The lowest BCUT2D eigenvalue weighted by molar-refractivity contribution is -0.143. The van der Waals surface area contributed by atoms with E-state index >= 15 is 0 Å². The Morgan fingerprint density at radius 3 is 3.00 bits per heavy atom. The minimum Gasteiger partial charge on any atom is -0.472 e. The summed E-state index contributed by atoms with van der Waals surface area (Å²) in [5, 5.41) is 7.27. The number of nitrogens with one attached hydrogen (secondary N) is 1. The van der Waals surface area contributed by atoms with E-state index < -0.39 is 6.04 Å². The first-order valence-electron chi connectivity index (χ1n) is 6.68. The van der Waals surface area contributed by atoms with Crippen LogP contribution in [0.3, 0.4) is 0 Å². The average molecular weight is 288 g/mol. The van der Waals surface area contributed by atoms with E-state index in [0.29, 0.717) is 17.2 Å². The number of fused-ring (bicyclic) bond motifs is 1. The Kier molecular flexibility index (Phi) is 3.25. The molecule has 2 aromatic rings. The lowest BCUT2D eigenvalue weighted by Crippen LogP contribution is -2.30. The van der Waals surface area contributed by atoms with Crippen molar-refractivity contribution in [3.63, 3.8) is 0 Å². The Morgan fingerprint density at radius 1 is 1.52 bits per heavy atom. The summed E-state index contributed by atoms with van der Waals surface area (Å²) >= 11 is 0. The van der Waals surface area contributed by atoms with E-state index in [1.54, 1.807) is 23.3 Å². The van der Waals surface area contributed by atoms with E-state index in [2.05, 4.69) is 15.4 Å². The SMILES string of the molecule is CC1=C(C(=O)OC(C)C)[C@H](c2ccoc2)n2ncnc2N1. The molecular formula is C14H16N4O3. The van der Waals surface area contributed by atoms with Gasteiger partial charge in [0.25, 0.3) is 0 Å². The molecule has 0 aliphatic carbocycles. The summed E-state index contributed by atoms with van der Waals surface area (Å²) in [7, 11) is 0. The fraction of sp³-hybridized carbons (Fsp3) is 0.357. The normalized spacial score (nSPS) is 17.6. The van der Waals surface area contributed by atoms with Crippen LogP contribution >= 0.6 is 0 Å². The van der Waals surface area contributed by atoms with Crippen LogP contribution in [0.25, 0.3) is 0 Å². The summed E-state index contributed by atoms with van der Waals surface area (Å²) < 4.78 is 12.1. The van der Waals surface area contributed by atoms with Gasteiger partial charge in [-0.2, -0.15) is 10.1 Å². The van der Waals surface area contributed by atoms with Crippen molar-refractivity contribution < 1.29 is 13.9 Å². The van der Waals surface area contributed by atoms with E-state index in [0.717, 1.165) is 5.56 Å². The molecule has 0 bridgehead atoms. The number of nitrogens with zero attached hydrogens (tertiary/aromatic N) is 3. The number of ether oxygens (including phenoxy) is 1. The summed E-state index contributed by atoms with van der Waals surface area (Å²) in [4.78, 5) is 16.6. The summed E-state index contributed by atoms with van der Waals surface area (Å²) in [6.07, 6.45) is 4.41. The lowest BCUT2D eigenvalue weighted by Gasteiger charge is -2.27. The van der Waals surface area contributed by atoms with Crippen molar-refractivity contribution in [3.05, 3.63) is 41.8 Å². The van der Waals surface area contributed by atoms with Gasteiger partial charge in [-0.05, 0) is 26.8 Å². The number of hydrogen-bond acceptors (Lipinski definition) is 6. The van der Waals surface area contributed by atoms with Crippen LogP contribution in [0, 0.1) is 0 Å². The first-order chi connectivity index (χ1) is 10.1. The molecule has 1 aliphatic heterocycles. The van der Waals surface area contributed by atoms with Crippen molar-refractivity contribution in [2.24, 2.45) is 0 Å². The third-order valence-corrected chi connectivity index (χ3v) is 3.22. The molecule has 0 spiro atoms. The van der Waals surface area contributed by atoms with Crippen molar-refractivity contribution in [2.75, 3.05) is 5.32 Å². The third kappa shape index (κ3) is 2.31. The number of hydrogen-bond donors (Lipinski definition) is 1. The minimum absolute atomic E-state index is 0.194. The van der Waals surface area contributed by atoms with Gasteiger partial charge in [-0.3, -0.25) is 0 Å². The van der Waals surface area contributed by atoms with Crippen molar-refractivity contribution in [1.29, 1.82) is 0 Å². The van der Waals surface area contributed by atoms with Gasteiger partial charge in [-0.25, -0.2) is 9.48 Å². The summed E-state index contributed by atoms with van der Waals surface area (Å²) in [6.45, 7) is 5.46. The maximum atomic E-state index is 12.4. The molecule has 1 atom stereocenters. The number of esters is 1. The first-order valence-corrected chi connectivity index (χ1v) is 6.68. The molecule has 0 aromatic carbocycles. The van der Waals surface area contributed by atoms with Crippen LogP contribution in [0.2, 0.25) is 0 Å². The van der Waals surface area contributed by atoms with Gasteiger partial charge in [0.05, 0.1) is 24.2 Å². The summed E-state index contributed by atoms with van der Waals surface area (Å²) in [5.74, 6) is 0.210. The molecule has 110 valence electrons. The van der Waals surface area contributed by atoms with E-state index in [4.69, 9.17) is 9.15 Å². The predicted octanol–water partition coefficient (Wildman–Crippen LogP) is 2.11. The number of rotatable bonds is 3. The van der Waals surface area contributed by atoms with Crippen LogP contribution in [0.15, 0.2) is 40.6 Å². The monoisotopic (exact) mass is 288 g/mol. The number of carbonyl (C=O) groups excluding carboxylic acids is 1. The second-order valence-electron chi connectivity index (χ2n) is 5.11. The van der Waals surface area contributed by atoms with E-state index in [1.807, 2.05) is 20.8 Å². The van der Waals surface area contributed by atoms with Crippen molar-refractivity contribution in [3.8, 4) is 0 Å². The van der Waals surface area contributed by atoms with Gasteiger partial charge in [-0.1, -0.05) is 0 Å². The van der Waals surface area contributed by atoms with Gasteiger partial charge in [0.1, 0.15) is 12.4 Å². The maximum absolute atomic E-state index is 12.4. The summed E-state index contributed by atoms with van der Waals surface area (Å²) in [6, 6.07) is 1.39. The highest BCUT2D eigenvalue weighted by Crippen LogP contribution is 2.35. The highest BCUT2D eigenvalue weighted by molar-refractivity contribution is 5.92. The minimum atomic E-state index is -0.409. The van der Waals surface area contributed by atoms with Crippen molar-refractivity contribution in [1.82, 2.24) is 14.8 Å². The molecule has 0 fully saturated rings. The van der Waals surface area contributed by atoms with Gasteiger partial charge in [0.15, 0.2) is 0 Å². The molecular weight excluding hydrogens is 272 g/mol. The highest BCUT2D eigenvalue weighted by Gasteiger charge is 2.35. The number of anilines is 1. The van der Waals surface area contributed by atoms with Gasteiger partial charge in [-0.15, -0.1) is 0 Å². The number of aromatic nitrogens is 3.